The normalized spacial score (nSPS) is 15.4. The molecule has 196 valence electrons. The molecule has 3 aromatic rings. The minimum Gasteiger partial charge on any atom is -0.497 e. The summed E-state index contributed by atoms with van der Waals surface area (Å²) in [5.74, 6) is 2.30. The first-order chi connectivity index (χ1) is 17.2. The van der Waals surface area contributed by atoms with E-state index in [-0.39, 0.29) is 6.04 Å². The topological polar surface area (TPSA) is 111 Å². The van der Waals surface area contributed by atoms with Gasteiger partial charge in [0.15, 0.2) is 11.6 Å². The fourth-order valence-electron chi connectivity index (χ4n) is 4.43. The van der Waals surface area contributed by atoms with Gasteiger partial charge in [0, 0.05) is 38.0 Å². The van der Waals surface area contributed by atoms with E-state index in [1.165, 1.54) is 6.26 Å². The zero-order valence-corrected chi connectivity index (χ0v) is 22.5. The predicted molar refractivity (Wildman–Crippen MR) is 141 cm³/mol. The van der Waals surface area contributed by atoms with Crippen molar-refractivity contribution in [3.8, 4) is 5.75 Å². The van der Waals surface area contributed by atoms with Gasteiger partial charge in [-0.15, -0.1) is 0 Å². The Kier molecular flexibility index (Phi) is 8.01. The fraction of sp³-hybridized carbons (Fsp3) is 0.520. The van der Waals surface area contributed by atoms with Crippen LogP contribution in [0.15, 0.2) is 24.3 Å². The van der Waals surface area contributed by atoms with Crippen molar-refractivity contribution in [2.75, 3.05) is 43.8 Å². The van der Waals surface area contributed by atoms with Crippen molar-refractivity contribution < 1.29 is 17.9 Å². The number of nitrogens with one attached hydrogen (secondary N) is 2. The second-order valence-electron chi connectivity index (χ2n) is 9.14. The number of imidazole rings is 1. The van der Waals surface area contributed by atoms with Crippen molar-refractivity contribution in [2.45, 2.75) is 52.8 Å². The number of nitrogens with zero attached hydrogens (tertiary/aromatic N) is 4. The van der Waals surface area contributed by atoms with Crippen LogP contribution in [0, 0.1) is 13.8 Å². The van der Waals surface area contributed by atoms with Crippen molar-refractivity contribution in [3.63, 3.8) is 0 Å². The lowest BCUT2D eigenvalue weighted by atomic mass is 10.1. The van der Waals surface area contributed by atoms with E-state index in [0.717, 1.165) is 39.4 Å². The van der Waals surface area contributed by atoms with Crippen LogP contribution in [-0.4, -0.2) is 66.5 Å². The Labute approximate surface area is 213 Å². The number of piperidine rings is 1. The zero-order valence-electron chi connectivity index (χ0n) is 21.7. The summed E-state index contributed by atoms with van der Waals surface area (Å²) in [5, 5.41) is 3.46. The second kappa shape index (κ2) is 11.0. The Bertz CT molecular complexity index is 1300. The number of aryl methyl sites for hydroxylation is 2. The van der Waals surface area contributed by atoms with Gasteiger partial charge in [0.25, 0.3) is 0 Å². The predicted octanol–water partition coefficient (Wildman–Crippen LogP) is 3.17. The molecule has 0 aliphatic carbocycles. The molecule has 1 aliphatic heterocycles. The van der Waals surface area contributed by atoms with Crippen LogP contribution in [0.1, 0.15) is 42.4 Å². The van der Waals surface area contributed by atoms with E-state index in [4.69, 9.17) is 19.4 Å². The maximum Gasteiger partial charge on any atom is 0.211 e. The number of aromatic nitrogens is 3. The fourth-order valence-corrected chi connectivity index (χ4v) is 5.31. The van der Waals surface area contributed by atoms with Crippen LogP contribution in [0.25, 0.3) is 11.0 Å². The Hall–Kier alpha value is -2.89. The molecule has 4 rings (SSSR count). The van der Waals surface area contributed by atoms with E-state index in [1.807, 2.05) is 42.8 Å². The maximum atomic E-state index is 11.9. The number of methoxy groups -OCH3 is 1. The van der Waals surface area contributed by atoms with Crippen LogP contribution in [0.4, 0.5) is 5.82 Å². The van der Waals surface area contributed by atoms with Gasteiger partial charge in [0.2, 0.25) is 10.0 Å². The van der Waals surface area contributed by atoms with Crippen molar-refractivity contribution in [1.82, 2.24) is 18.9 Å². The van der Waals surface area contributed by atoms with Gasteiger partial charge in [0.05, 0.1) is 18.9 Å². The molecule has 2 N–H and O–H groups in total. The minimum atomic E-state index is -3.17. The number of ether oxygens (including phenoxy) is 2. The summed E-state index contributed by atoms with van der Waals surface area (Å²) < 4.78 is 38.4. The standard InChI is InChI=1S/C25H36N6O4S/c1-6-35-16-22-28-23-24(31(22)29-20-11-13-30(14-12-20)36(5,32)33)17(2)18(3)27-25(23)26-15-19-7-9-21(34-4)10-8-19/h7-10,20,29H,6,11-16H2,1-5H3,(H,26,27). The summed E-state index contributed by atoms with van der Waals surface area (Å²) in [4.78, 5) is 9.75. The average Bonchev–Trinajstić information content (AvgIpc) is 3.22. The van der Waals surface area contributed by atoms with Crippen molar-refractivity contribution in [1.29, 1.82) is 0 Å². The third-order valence-corrected chi connectivity index (χ3v) is 7.94. The molecular weight excluding hydrogens is 480 g/mol. The quantitative estimate of drug-likeness (QED) is 0.423. The molecule has 3 heterocycles. The number of hydrogen-bond acceptors (Lipinski definition) is 8. The van der Waals surface area contributed by atoms with Gasteiger partial charge < -0.3 is 20.2 Å². The summed E-state index contributed by atoms with van der Waals surface area (Å²) in [6, 6.07) is 8.04. The molecule has 1 aromatic carbocycles. The van der Waals surface area contributed by atoms with Crippen LogP contribution >= 0.6 is 0 Å². The van der Waals surface area contributed by atoms with Gasteiger partial charge in [0.1, 0.15) is 17.9 Å². The van der Waals surface area contributed by atoms with Crippen LogP contribution in [-0.2, 0) is 27.9 Å². The number of benzene rings is 1. The molecule has 0 spiro atoms. The summed E-state index contributed by atoms with van der Waals surface area (Å²) in [5.41, 5.74) is 8.41. The van der Waals surface area contributed by atoms with Crippen LogP contribution in [0.2, 0.25) is 0 Å². The van der Waals surface area contributed by atoms with E-state index in [0.29, 0.717) is 51.5 Å². The molecule has 1 fully saturated rings. The molecular formula is C25H36N6O4S. The molecule has 0 atom stereocenters. The second-order valence-corrected chi connectivity index (χ2v) is 11.1. The summed E-state index contributed by atoms with van der Waals surface area (Å²) in [6.45, 7) is 8.54. The van der Waals surface area contributed by atoms with Gasteiger partial charge in [-0.3, -0.25) is 0 Å². The van der Waals surface area contributed by atoms with Crippen molar-refractivity contribution in [3.05, 3.63) is 46.9 Å². The molecule has 11 heteroatoms. The molecule has 0 bridgehead atoms. The van der Waals surface area contributed by atoms with Gasteiger partial charge in [-0.25, -0.2) is 27.4 Å². The molecule has 0 saturated carbocycles. The smallest absolute Gasteiger partial charge is 0.211 e. The SMILES string of the molecule is CCOCc1nc2c(NCc3ccc(OC)cc3)nc(C)c(C)c2n1NC1CCN(S(C)(=O)=O)CC1. The molecule has 1 aliphatic rings. The van der Waals surface area contributed by atoms with Gasteiger partial charge in [-0.1, -0.05) is 12.1 Å². The molecule has 10 nitrogen and oxygen atoms in total. The van der Waals surface area contributed by atoms with Crippen molar-refractivity contribution >= 4 is 26.9 Å². The molecule has 2 aromatic heterocycles. The lowest BCUT2D eigenvalue weighted by Gasteiger charge is -2.32. The number of anilines is 1. The highest BCUT2D eigenvalue weighted by Crippen LogP contribution is 2.29. The number of rotatable bonds is 10. The van der Waals surface area contributed by atoms with Crippen LogP contribution in [0.3, 0.4) is 0 Å². The highest BCUT2D eigenvalue weighted by Gasteiger charge is 2.27. The lowest BCUT2D eigenvalue weighted by molar-refractivity contribution is 0.126. The molecule has 0 amide bonds. The largest absolute Gasteiger partial charge is 0.497 e. The van der Waals surface area contributed by atoms with Gasteiger partial charge in [-0.05, 0) is 56.9 Å². The van der Waals surface area contributed by atoms with E-state index in [2.05, 4.69) is 17.7 Å². The highest BCUT2D eigenvalue weighted by molar-refractivity contribution is 7.88. The first kappa shape index (κ1) is 26.2. The molecule has 0 unspecified atom stereocenters. The lowest BCUT2D eigenvalue weighted by Crippen LogP contribution is -2.44. The third kappa shape index (κ3) is 5.74. The number of hydrogen-bond donors (Lipinski definition) is 2. The van der Waals surface area contributed by atoms with E-state index in [9.17, 15) is 8.42 Å². The van der Waals surface area contributed by atoms with E-state index in [1.54, 1.807) is 11.4 Å². The Morgan fingerprint density at radius 3 is 2.42 bits per heavy atom. The zero-order chi connectivity index (χ0) is 25.9. The molecule has 0 radical (unpaired) electrons. The van der Waals surface area contributed by atoms with Gasteiger partial charge in [-0.2, -0.15) is 0 Å². The van der Waals surface area contributed by atoms with E-state index < -0.39 is 10.0 Å². The monoisotopic (exact) mass is 516 g/mol. The molecule has 1 saturated heterocycles. The van der Waals surface area contributed by atoms with Crippen molar-refractivity contribution in [2.24, 2.45) is 0 Å². The first-order valence-electron chi connectivity index (χ1n) is 12.3. The number of fused-ring (bicyclic) bond motifs is 1. The minimum absolute atomic E-state index is 0.115. The Morgan fingerprint density at radius 2 is 1.81 bits per heavy atom. The number of pyridine rings is 1. The summed E-state index contributed by atoms with van der Waals surface area (Å²) >= 11 is 0. The Balaban J connectivity index is 1.64. The van der Waals surface area contributed by atoms with Gasteiger partial charge >= 0.3 is 0 Å². The summed E-state index contributed by atoms with van der Waals surface area (Å²) in [6.07, 6.45) is 2.70. The van der Waals surface area contributed by atoms with Crippen LogP contribution < -0.4 is 15.5 Å². The third-order valence-electron chi connectivity index (χ3n) is 6.64. The first-order valence-corrected chi connectivity index (χ1v) is 14.1. The van der Waals surface area contributed by atoms with E-state index >= 15 is 0 Å². The summed E-state index contributed by atoms with van der Waals surface area (Å²) in [7, 11) is -1.52. The maximum absolute atomic E-state index is 11.9. The Morgan fingerprint density at radius 1 is 1.11 bits per heavy atom. The molecule has 36 heavy (non-hydrogen) atoms. The van der Waals surface area contributed by atoms with Crippen LogP contribution in [0.5, 0.6) is 5.75 Å². The number of sulfonamides is 1. The average molecular weight is 517 g/mol. The highest BCUT2D eigenvalue weighted by atomic mass is 32.2.